The van der Waals surface area contributed by atoms with Crippen molar-refractivity contribution >= 4 is 30.8 Å². The second-order valence-corrected chi connectivity index (χ2v) is 5.62. The molecule has 124 valence electrons. The molecule has 11 heteroatoms. The van der Waals surface area contributed by atoms with Gasteiger partial charge in [0.15, 0.2) is 17.5 Å². The number of carbonyl (C=O) groups excluding carboxylic acids is 1. The summed E-state index contributed by atoms with van der Waals surface area (Å²) in [6.07, 6.45) is 1.22. The molecule has 6 nitrogen and oxygen atoms in total. The molecule has 1 aliphatic heterocycles. The third-order valence-corrected chi connectivity index (χ3v) is 3.76. The van der Waals surface area contributed by atoms with Crippen LogP contribution in [0.15, 0.2) is 0 Å². The molecule has 1 aromatic rings. The number of thioether (sulfide) groups is 1. The molecule has 1 aromatic carbocycles. The van der Waals surface area contributed by atoms with Crippen LogP contribution in [0.25, 0.3) is 0 Å². The number of carboxylic acid groups (broad SMARTS) is 1. The maximum Gasteiger partial charge on any atom is 0.547 e. The standard InChI is InChI=1S/C12H11BF3NO5S/c1-23-3-6(18)17-5-2-4-8(14)10(16)9(15)7(12(19)20)11(4)22-13(5)21/h5,21H,2-3H2,1H3,(H,17,18)(H,19,20). The van der Waals surface area contributed by atoms with E-state index in [1.54, 1.807) is 6.26 Å². The van der Waals surface area contributed by atoms with E-state index < -0.39 is 65.7 Å². The third-order valence-electron chi connectivity index (χ3n) is 3.21. The third kappa shape index (κ3) is 3.25. The second-order valence-electron chi connectivity index (χ2n) is 4.75. The topological polar surface area (TPSA) is 95.9 Å². The van der Waals surface area contributed by atoms with Gasteiger partial charge in [0.25, 0.3) is 0 Å². The van der Waals surface area contributed by atoms with Gasteiger partial charge in [0.05, 0.1) is 11.7 Å². The number of nitrogens with one attached hydrogen (secondary N) is 1. The Morgan fingerprint density at radius 1 is 1.35 bits per heavy atom. The highest BCUT2D eigenvalue weighted by Crippen LogP contribution is 2.36. The molecule has 0 fully saturated rings. The number of amides is 1. The zero-order chi connectivity index (χ0) is 17.3. The van der Waals surface area contributed by atoms with Gasteiger partial charge in [-0.1, -0.05) is 0 Å². The number of fused-ring (bicyclic) bond motifs is 1. The number of halogens is 3. The van der Waals surface area contributed by atoms with Crippen molar-refractivity contribution < 1.29 is 37.5 Å². The van der Waals surface area contributed by atoms with Crippen LogP contribution in [0.2, 0.25) is 0 Å². The van der Waals surface area contributed by atoms with Crippen LogP contribution in [-0.2, 0) is 11.2 Å². The Morgan fingerprint density at radius 2 is 2.00 bits per heavy atom. The van der Waals surface area contributed by atoms with Crippen LogP contribution >= 0.6 is 11.8 Å². The number of carboxylic acids is 1. The van der Waals surface area contributed by atoms with E-state index in [1.807, 2.05) is 0 Å². The average molecular weight is 349 g/mol. The molecular formula is C12H11BF3NO5S. The quantitative estimate of drug-likeness (QED) is 0.545. The molecule has 0 bridgehead atoms. The van der Waals surface area contributed by atoms with Crippen molar-refractivity contribution in [3.63, 3.8) is 0 Å². The zero-order valence-electron chi connectivity index (χ0n) is 11.7. The normalized spacial score (nSPS) is 16.6. The lowest BCUT2D eigenvalue weighted by Gasteiger charge is -2.29. The Kier molecular flexibility index (Phi) is 5.10. The molecule has 0 saturated carbocycles. The van der Waals surface area contributed by atoms with Crippen molar-refractivity contribution in [1.82, 2.24) is 5.32 Å². The van der Waals surface area contributed by atoms with E-state index in [0.29, 0.717) is 0 Å². The summed E-state index contributed by atoms with van der Waals surface area (Å²) in [7, 11) is -1.73. The van der Waals surface area contributed by atoms with Gasteiger partial charge in [-0.05, 0) is 12.7 Å². The van der Waals surface area contributed by atoms with Gasteiger partial charge in [0, 0.05) is 5.56 Å². The summed E-state index contributed by atoms with van der Waals surface area (Å²) in [5.41, 5.74) is -1.76. The van der Waals surface area contributed by atoms with Crippen LogP contribution in [0.4, 0.5) is 13.2 Å². The molecule has 1 amide bonds. The van der Waals surface area contributed by atoms with E-state index in [1.165, 1.54) is 11.8 Å². The van der Waals surface area contributed by atoms with Gasteiger partial charge < -0.3 is 20.1 Å². The van der Waals surface area contributed by atoms with Gasteiger partial charge in [0.2, 0.25) is 5.91 Å². The van der Waals surface area contributed by atoms with Gasteiger partial charge in [-0.25, -0.2) is 18.0 Å². The number of rotatable bonds is 4. The summed E-state index contributed by atoms with van der Waals surface area (Å²) in [4.78, 5) is 22.6. The Labute approximate surface area is 133 Å². The average Bonchev–Trinajstić information content (AvgIpc) is 2.47. The van der Waals surface area contributed by atoms with Crippen LogP contribution < -0.4 is 9.97 Å². The maximum absolute atomic E-state index is 13.9. The Bertz CT molecular complexity index is 675. The number of hydrogen-bond donors (Lipinski definition) is 3. The highest BCUT2D eigenvalue weighted by atomic mass is 32.2. The molecule has 1 aliphatic rings. The van der Waals surface area contributed by atoms with Crippen LogP contribution in [0.3, 0.4) is 0 Å². The maximum atomic E-state index is 13.9. The highest BCUT2D eigenvalue weighted by Gasteiger charge is 2.41. The smallest absolute Gasteiger partial charge is 0.534 e. The molecule has 0 radical (unpaired) electrons. The summed E-state index contributed by atoms with van der Waals surface area (Å²) in [6.45, 7) is 0. The van der Waals surface area contributed by atoms with Crippen molar-refractivity contribution in [3.05, 3.63) is 28.6 Å². The fourth-order valence-corrected chi connectivity index (χ4v) is 2.56. The first-order valence-corrected chi connectivity index (χ1v) is 7.72. The van der Waals surface area contributed by atoms with Crippen LogP contribution in [0, 0.1) is 17.5 Å². The summed E-state index contributed by atoms with van der Waals surface area (Å²) in [6, 6.07) is 0. The monoisotopic (exact) mass is 349 g/mol. The zero-order valence-corrected chi connectivity index (χ0v) is 12.5. The minimum absolute atomic E-state index is 0.0662. The van der Waals surface area contributed by atoms with Crippen molar-refractivity contribution in [2.24, 2.45) is 0 Å². The fraction of sp³-hybridized carbons (Fsp3) is 0.333. The van der Waals surface area contributed by atoms with E-state index in [9.17, 15) is 27.8 Å². The van der Waals surface area contributed by atoms with Crippen molar-refractivity contribution in [1.29, 1.82) is 0 Å². The van der Waals surface area contributed by atoms with Crippen molar-refractivity contribution in [2.45, 2.75) is 12.4 Å². The first kappa shape index (κ1) is 17.5. The molecule has 1 atom stereocenters. The van der Waals surface area contributed by atoms with Gasteiger partial charge in [-0.2, -0.15) is 11.8 Å². The minimum Gasteiger partial charge on any atom is -0.534 e. The van der Waals surface area contributed by atoms with E-state index in [0.717, 1.165) is 0 Å². The molecule has 1 unspecified atom stereocenters. The van der Waals surface area contributed by atoms with E-state index in [4.69, 9.17) is 9.76 Å². The summed E-state index contributed by atoms with van der Waals surface area (Å²) < 4.78 is 45.9. The van der Waals surface area contributed by atoms with Gasteiger partial charge in [-0.3, -0.25) is 4.79 Å². The van der Waals surface area contributed by atoms with Crippen molar-refractivity contribution in [3.8, 4) is 5.75 Å². The molecule has 0 aromatic heterocycles. The molecular weight excluding hydrogens is 338 g/mol. The second kappa shape index (κ2) is 6.71. The van der Waals surface area contributed by atoms with Crippen LogP contribution in [0.5, 0.6) is 5.75 Å². The van der Waals surface area contributed by atoms with E-state index in [-0.39, 0.29) is 5.75 Å². The van der Waals surface area contributed by atoms with Crippen molar-refractivity contribution in [2.75, 3.05) is 12.0 Å². The van der Waals surface area contributed by atoms with Crippen LogP contribution in [-0.4, -0.2) is 47.1 Å². The van der Waals surface area contributed by atoms with E-state index in [2.05, 4.69) is 5.32 Å². The Hall–Kier alpha value is -1.88. The first-order chi connectivity index (χ1) is 10.8. The predicted octanol–water partition coefficient (Wildman–Crippen LogP) is 0.605. The number of hydrogen-bond acceptors (Lipinski definition) is 5. The predicted molar refractivity (Wildman–Crippen MR) is 75.9 cm³/mol. The molecule has 3 N–H and O–H groups in total. The fourth-order valence-electron chi connectivity index (χ4n) is 2.22. The minimum atomic E-state index is -1.95. The first-order valence-electron chi connectivity index (χ1n) is 6.33. The highest BCUT2D eigenvalue weighted by molar-refractivity contribution is 7.99. The van der Waals surface area contributed by atoms with Gasteiger partial charge in [-0.15, -0.1) is 0 Å². The Balaban J connectivity index is 2.44. The van der Waals surface area contributed by atoms with Gasteiger partial charge >= 0.3 is 13.1 Å². The molecule has 1 heterocycles. The molecule has 23 heavy (non-hydrogen) atoms. The number of benzene rings is 1. The SMILES string of the molecule is CSCC(=O)NC1Cc2c(F)c(F)c(F)c(C(=O)O)c2OB1O. The van der Waals surface area contributed by atoms with E-state index >= 15 is 0 Å². The molecule has 0 saturated heterocycles. The molecule has 0 spiro atoms. The van der Waals surface area contributed by atoms with Gasteiger partial charge in [0.1, 0.15) is 11.3 Å². The summed E-state index contributed by atoms with van der Waals surface area (Å²) in [5, 5.41) is 21.1. The molecule has 2 rings (SSSR count). The summed E-state index contributed by atoms with van der Waals surface area (Å²) >= 11 is 1.20. The number of aromatic carboxylic acids is 1. The largest absolute Gasteiger partial charge is 0.547 e. The number of carbonyl (C=O) groups is 2. The lowest BCUT2D eigenvalue weighted by Crippen LogP contribution is -2.54. The Morgan fingerprint density at radius 3 is 2.57 bits per heavy atom. The lowest BCUT2D eigenvalue weighted by atomic mass is 9.72. The molecule has 0 aliphatic carbocycles. The summed E-state index contributed by atoms with van der Waals surface area (Å²) in [5.74, 6) is -9.65. The van der Waals surface area contributed by atoms with Crippen LogP contribution in [0.1, 0.15) is 15.9 Å². The lowest BCUT2D eigenvalue weighted by molar-refractivity contribution is -0.118.